The van der Waals surface area contributed by atoms with Crippen molar-refractivity contribution < 1.29 is 24.5 Å². The van der Waals surface area contributed by atoms with Crippen molar-refractivity contribution in [1.82, 2.24) is 0 Å². The summed E-state index contributed by atoms with van der Waals surface area (Å²) in [5.74, 6) is -0.589. The molecule has 0 aliphatic rings. The maximum atomic E-state index is 10.4. The van der Waals surface area contributed by atoms with Crippen LogP contribution in [0.15, 0.2) is 12.7 Å². The highest BCUT2D eigenvalue weighted by Crippen LogP contribution is 1.85. The Hall–Kier alpha value is -0.910. The first-order chi connectivity index (χ1) is 5.70. The molecule has 0 saturated carbocycles. The Morgan fingerprint density at radius 1 is 1.67 bits per heavy atom. The van der Waals surface area contributed by atoms with Crippen LogP contribution in [0.5, 0.6) is 0 Å². The van der Waals surface area contributed by atoms with Crippen molar-refractivity contribution in [1.29, 1.82) is 0 Å². The second kappa shape index (κ2) is 6.78. The van der Waals surface area contributed by atoms with Gasteiger partial charge in [-0.2, -0.15) is 0 Å². The maximum absolute atomic E-state index is 10.4. The molecule has 0 aliphatic heterocycles. The van der Waals surface area contributed by atoms with Gasteiger partial charge in [-0.05, 0) is 0 Å². The van der Waals surface area contributed by atoms with Gasteiger partial charge in [0.15, 0.2) is 6.79 Å². The lowest BCUT2D eigenvalue weighted by molar-refractivity contribution is -0.153. The van der Waals surface area contributed by atoms with Gasteiger partial charge in [-0.15, -0.1) is 0 Å². The van der Waals surface area contributed by atoms with E-state index in [1.165, 1.54) is 0 Å². The van der Waals surface area contributed by atoms with E-state index in [1.54, 1.807) is 0 Å². The molecule has 2 N–H and O–H groups in total. The van der Waals surface area contributed by atoms with Crippen LogP contribution < -0.4 is 0 Å². The monoisotopic (exact) mass is 176 g/mol. The molecule has 12 heavy (non-hydrogen) atoms. The van der Waals surface area contributed by atoms with Gasteiger partial charge < -0.3 is 19.7 Å². The molecular formula is C7H12O5. The van der Waals surface area contributed by atoms with Crippen molar-refractivity contribution in [3.63, 3.8) is 0 Å². The van der Waals surface area contributed by atoms with E-state index in [0.717, 1.165) is 6.08 Å². The van der Waals surface area contributed by atoms with Crippen LogP contribution in [0.2, 0.25) is 0 Å². The summed E-state index contributed by atoms with van der Waals surface area (Å²) in [6, 6.07) is 0. The molecule has 0 aromatic rings. The molecule has 1 atom stereocenters. The van der Waals surface area contributed by atoms with Crippen LogP contribution in [-0.4, -0.2) is 42.3 Å². The highest BCUT2D eigenvalue weighted by molar-refractivity contribution is 5.81. The average Bonchev–Trinajstić information content (AvgIpc) is 2.11. The van der Waals surface area contributed by atoms with Gasteiger partial charge in [-0.1, -0.05) is 6.58 Å². The zero-order chi connectivity index (χ0) is 9.40. The summed E-state index contributed by atoms with van der Waals surface area (Å²) in [7, 11) is 0. The number of hydrogen-bond donors (Lipinski definition) is 2. The van der Waals surface area contributed by atoms with Crippen molar-refractivity contribution in [3.8, 4) is 0 Å². The van der Waals surface area contributed by atoms with Crippen LogP contribution in [0.3, 0.4) is 0 Å². The Morgan fingerprint density at radius 2 is 2.33 bits per heavy atom. The zero-order valence-corrected chi connectivity index (χ0v) is 6.60. The van der Waals surface area contributed by atoms with Gasteiger partial charge >= 0.3 is 5.97 Å². The number of aliphatic hydroxyl groups excluding tert-OH is 2. The van der Waals surface area contributed by atoms with E-state index < -0.39 is 12.1 Å². The number of aliphatic hydroxyl groups is 2. The lowest BCUT2D eigenvalue weighted by Gasteiger charge is -2.07. The Bertz CT molecular complexity index is 145. The summed E-state index contributed by atoms with van der Waals surface area (Å²) in [5, 5.41) is 17.1. The van der Waals surface area contributed by atoms with Gasteiger partial charge in [-0.25, -0.2) is 4.79 Å². The van der Waals surface area contributed by atoms with E-state index >= 15 is 0 Å². The summed E-state index contributed by atoms with van der Waals surface area (Å²) in [6.45, 7) is 2.47. The largest absolute Gasteiger partial charge is 0.435 e. The topological polar surface area (TPSA) is 76.0 Å². The molecule has 1 unspecified atom stereocenters. The quantitative estimate of drug-likeness (QED) is 0.236. The lowest BCUT2D eigenvalue weighted by Crippen LogP contribution is -2.20. The smallest absolute Gasteiger partial charge is 0.332 e. The summed E-state index contributed by atoms with van der Waals surface area (Å²) < 4.78 is 9.07. The Balaban J connectivity index is 3.21. The van der Waals surface area contributed by atoms with Gasteiger partial charge in [0, 0.05) is 6.08 Å². The predicted octanol–water partition coefficient (Wildman–Crippen LogP) is -0.957. The molecule has 70 valence electrons. The number of carbonyl (C=O) groups excluding carboxylic acids is 1. The van der Waals surface area contributed by atoms with Crippen molar-refractivity contribution in [2.24, 2.45) is 0 Å². The summed E-state index contributed by atoms with van der Waals surface area (Å²) in [5.41, 5.74) is 0. The molecule has 0 radical (unpaired) electrons. The van der Waals surface area contributed by atoms with E-state index in [2.05, 4.69) is 16.1 Å². The molecule has 0 bridgehead atoms. The third-order valence-corrected chi connectivity index (χ3v) is 0.972. The van der Waals surface area contributed by atoms with Crippen LogP contribution in [0, 0.1) is 0 Å². The summed E-state index contributed by atoms with van der Waals surface area (Å²) in [4.78, 5) is 10.4. The number of carbonyl (C=O) groups is 1. The third-order valence-electron chi connectivity index (χ3n) is 0.972. The molecule has 0 fully saturated rings. The van der Waals surface area contributed by atoms with Gasteiger partial charge in [0.25, 0.3) is 0 Å². The van der Waals surface area contributed by atoms with Crippen LogP contribution in [-0.2, 0) is 14.3 Å². The van der Waals surface area contributed by atoms with Crippen LogP contribution in [0.1, 0.15) is 0 Å². The minimum Gasteiger partial charge on any atom is -0.435 e. The van der Waals surface area contributed by atoms with Crippen LogP contribution in [0.25, 0.3) is 0 Å². The van der Waals surface area contributed by atoms with Gasteiger partial charge in [-0.3, -0.25) is 0 Å². The van der Waals surface area contributed by atoms with E-state index in [4.69, 9.17) is 10.2 Å². The molecule has 0 spiro atoms. The molecule has 5 heteroatoms. The van der Waals surface area contributed by atoms with E-state index in [9.17, 15) is 4.79 Å². The van der Waals surface area contributed by atoms with Gasteiger partial charge in [0.1, 0.15) is 6.10 Å². The first kappa shape index (κ1) is 11.1. The van der Waals surface area contributed by atoms with E-state index in [0.29, 0.717) is 0 Å². The number of esters is 1. The van der Waals surface area contributed by atoms with Crippen molar-refractivity contribution >= 4 is 5.97 Å². The highest BCUT2D eigenvalue weighted by atomic mass is 16.7. The third kappa shape index (κ3) is 5.84. The fourth-order valence-electron chi connectivity index (χ4n) is 0.396. The van der Waals surface area contributed by atoms with Crippen molar-refractivity contribution in [3.05, 3.63) is 12.7 Å². The lowest BCUT2D eigenvalue weighted by atomic mass is 10.4. The van der Waals surface area contributed by atoms with Crippen LogP contribution in [0.4, 0.5) is 0 Å². The summed E-state index contributed by atoms with van der Waals surface area (Å²) in [6.07, 6.45) is 0.0682. The van der Waals surface area contributed by atoms with E-state index in [1.807, 2.05) is 0 Å². The second-order valence-corrected chi connectivity index (χ2v) is 1.99. The number of ether oxygens (including phenoxy) is 2. The van der Waals surface area contributed by atoms with Crippen molar-refractivity contribution in [2.75, 3.05) is 20.0 Å². The molecule has 5 nitrogen and oxygen atoms in total. The molecule has 0 heterocycles. The average molecular weight is 176 g/mol. The zero-order valence-electron chi connectivity index (χ0n) is 6.60. The number of hydrogen-bond acceptors (Lipinski definition) is 5. The molecule has 0 saturated heterocycles. The molecule has 0 aromatic carbocycles. The second-order valence-electron chi connectivity index (χ2n) is 1.99. The summed E-state index contributed by atoms with van der Waals surface area (Å²) >= 11 is 0. The molecule has 0 aromatic heterocycles. The molecule has 0 amide bonds. The highest BCUT2D eigenvalue weighted by Gasteiger charge is 2.01. The van der Waals surface area contributed by atoms with Gasteiger partial charge in [0.2, 0.25) is 0 Å². The Labute approximate surface area is 70.2 Å². The normalized spacial score (nSPS) is 12.2. The first-order valence-corrected chi connectivity index (χ1v) is 3.36. The molecular weight excluding hydrogens is 164 g/mol. The standard InChI is InChI=1S/C7H12O5/c1-2-7(10)12-5-11-4-6(9)3-8/h2,6,8-9H,1,3-5H2. The molecule has 0 rings (SSSR count). The Kier molecular flexibility index (Phi) is 6.26. The minimum absolute atomic E-state index is 0.0685. The maximum Gasteiger partial charge on any atom is 0.332 e. The van der Waals surface area contributed by atoms with Gasteiger partial charge in [0.05, 0.1) is 13.2 Å². The SMILES string of the molecule is C=CC(=O)OCOCC(O)CO. The van der Waals surface area contributed by atoms with Crippen molar-refractivity contribution in [2.45, 2.75) is 6.10 Å². The van der Waals surface area contributed by atoms with E-state index in [-0.39, 0.29) is 20.0 Å². The van der Waals surface area contributed by atoms with Crippen LogP contribution >= 0.6 is 0 Å². The number of rotatable bonds is 6. The fraction of sp³-hybridized carbons (Fsp3) is 0.571. The Morgan fingerprint density at radius 3 is 2.83 bits per heavy atom. The predicted molar refractivity (Wildman–Crippen MR) is 40.2 cm³/mol. The minimum atomic E-state index is -0.938. The fourth-order valence-corrected chi connectivity index (χ4v) is 0.396. The first-order valence-electron chi connectivity index (χ1n) is 3.36. The molecule has 0 aliphatic carbocycles.